The van der Waals surface area contributed by atoms with Gasteiger partial charge in [0.05, 0.1) is 6.54 Å². The van der Waals surface area contributed by atoms with Gasteiger partial charge in [-0.25, -0.2) is 0 Å². The normalized spacial score (nSPS) is 21.3. The number of amides is 1. The van der Waals surface area contributed by atoms with Crippen molar-refractivity contribution in [3.8, 4) is 0 Å². The number of hydrogen-bond acceptors (Lipinski definition) is 2. The summed E-state index contributed by atoms with van der Waals surface area (Å²) in [5.74, 6) is 0.0389. The third-order valence-corrected chi connectivity index (χ3v) is 4.19. The van der Waals surface area contributed by atoms with Crippen LogP contribution in [0.25, 0.3) is 0 Å². The van der Waals surface area contributed by atoms with Gasteiger partial charge in [-0.05, 0) is 36.8 Å². The Balaban J connectivity index is 1.84. The third-order valence-electron chi connectivity index (χ3n) is 4.19. The van der Waals surface area contributed by atoms with Crippen molar-refractivity contribution in [1.82, 2.24) is 5.32 Å². The van der Waals surface area contributed by atoms with E-state index in [0.717, 1.165) is 11.3 Å². The Bertz CT molecular complexity index is 454. The molecule has 0 bridgehead atoms. The van der Waals surface area contributed by atoms with Crippen LogP contribution in [0.3, 0.4) is 0 Å². The summed E-state index contributed by atoms with van der Waals surface area (Å²) in [6, 6.07) is 8.31. The number of hydrogen-bond donors (Lipinski definition) is 2. The van der Waals surface area contributed by atoms with Crippen molar-refractivity contribution < 1.29 is 4.79 Å². The summed E-state index contributed by atoms with van der Waals surface area (Å²) in [4.78, 5) is 12.0. The molecule has 104 valence electrons. The maximum absolute atomic E-state index is 12.0. The molecule has 1 saturated carbocycles. The monoisotopic (exact) mass is 260 g/mol. The summed E-state index contributed by atoms with van der Waals surface area (Å²) in [5, 5.41) is 6.36. The smallest absolute Gasteiger partial charge is 0.238 e. The average Bonchev–Trinajstić information content (AvgIpc) is 2.69. The molecule has 2 N–H and O–H groups in total. The number of anilines is 1. The van der Waals surface area contributed by atoms with Gasteiger partial charge in [-0.3, -0.25) is 4.79 Å². The Morgan fingerprint density at radius 2 is 2.11 bits per heavy atom. The maximum Gasteiger partial charge on any atom is 0.238 e. The van der Waals surface area contributed by atoms with Gasteiger partial charge in [0, 0.05) is 11.7 Å². The molecule has 2 rings (SSSR count). The molecule has 1 atom stereocenters. The number of aryl methyl sites for hydroxylation is 1. The van der Waals surface area contributed by atoms with Crippen LogP contribution in [0.15, 0.2) is 24.3 Å². The zero-order chi connectivity index (χ0) is 13.9. The van der Waals surface area contributed by atoms with E-state index >= 15 is 0 Å². The Morgan fingerprint density at radius 1 is 1.37 bits per heavy atom. The molecule has 19 heavy (non-hydrogen) atoms. The van der Waals surface area contributed by atoms with Crippen LogP contribution in [0.2, 0.25) is 0 Å². The quantitative estimate of drug-likeness (QED) is 0.873. The number of carbonyl (C=O) groups is 1. The molecule has 0 saturated heterocycles. The fraction of sp³-hybridized carbons (Fsp3) is 0.562. The van der Waals surface area contributed by atoms with Crippen LogP contribution in [0.4, 0.5) is 5.69 Å². The van der Waals surface area contributed by atoms with Crippen LogP contribution < -0.4 is 10.6 Å². The van der Waals surface area contributed by atoms with Crippen LogP contribution in [-0.2, 0) is 4.79 Å². The molecule has 1 unspecified atom stereocenters. The first-order valence-corrected chi connectivity index (χ1v) is 7.08. The molecule has 1 amide bonds. The number of benzene rings is 1. The van der Waals surface area contributed by atoms with Gasteiger partial charge >= 0.3 is 0 Å². The summed E-state index contributed by atoms with van der Waals surface area (Å²) in [6.45, 7) is 6.94. The van der Waals surface area contributed by atoms with Gasteiger partial charge in [-0.2, -0.15) is 0 Å². The summed E-state index contributed by atoms with van der Waals surface area (Å²) in [7, 11) is 0. The highest BCUT2D eigenvalue weighted by atomic mass is 16.1. The predicted molar refractivity (Wildman–Crippen MR) is 79.2 cm³/mol. The van der Waals surface area contributed by atoms with Gasteiger partial charge in [0.1, 0.15) is 0 Å². The van der Waals surface area contributed by atoms with E-state index in [0.29, 0.717) is 18.0 Å². The fourth-order valence-electron chi connectivity index (χ4n) is 2.83. The minimum atomic E-state index is 0.0389. The number of carbonyl (C=O) groups excluding carboxylic acids is 1. The summed E-state index contributed by atoms with van der Waals surface area (Å²) >= 11 is 0. The third kappa shape index (κ3) is 3.57. The van der Waals surface area contributed by atoms with Crippen molar-refractivity contribution in [2.45, 2.75) is 46.1 Å². The predicted octanol–water partition coefficient (Wildman–Crippen LogP) is 3.10. The van der Waals surface area contributed by atoms with E-state index < -0.39 is 0 Å². The largest absolute Gasteiger partial charge is 0.325 e. The van der Waals surface area contributed by atoms with E-state index in [9.17, 15) is 4.79 Å². The van der Waals surface area contributed by atoms with Crippen molar-refractivity contribution >= 4 is 11.6 Å². The highest BCUT2D eigenvalue weighted by molar-refractivity contribution is 5.92. The van der Waals surface area contributed by atoms with Gasteiger partial charge in [0.25, 0.3) is 0 Å². The Morgan fingerprint density at radius 3 is 2.74 bits per heavy atom. The Hall–Kier alpha value is -1.35. The molecule has 1 aliphatic carbocycles. The lowest BCUT2D eigenvalue weighted by molar-refractivity contribution is -0.115. The van der Waals surface area contributed by atoms with Crippen molar-refractivity contribution in [2.24, 2.45) is 5.41 Å². The number of rotatable bonds is 4. The van der Waals surface area contributed by atoms with Crippen molar-refractivity contribution in [2.75, 3.05) is 11.9 Å². The molecule has 0 aromatic heterocycles. The molecule has 0 aliphatic heterocycles. The lowest BCUT2D eigenvalue weighted by Crippen LogP contribution is -2.41. The second kappa shape index (κ2) is 5.74. The van der Waals surface area contributed by atoms with Gasteiger partial charge < -0.3 is 10.6 Å². The summed E-state index contributed by atoms with van der Waals surface area (Å²) in [6.07, 6.45) is 3.67. The van der Waals surface area contributed by atoms with E-state index in [1.807, 2.05) is 31.2 Å². The van der Waals surface area contributed by atoms with Crippen LogP contribution in [0.5, 0.6) is 0 Å². The van der Waals surface area contributed by atoms with Crippen LogP contribution >= 0.6 is 0 Å². The Kier molecular flexibility index (Phi) is 4.25. The van der Waals surface area contributed by atoms with Crippen molar-refractivity contribution in [3.05, 3.63) is 29.8 Å². The van der Waals surface area contributed by atoms with Crippen LogP contribution in [0.1, 0.15) is 38.7 Å². The van der Waals surface area contributed by atoms with E-state index in [4.69, 9.17) is 0 Å². The average molecular weight is 260 g/mol. The topological polar surface area (TPSA) is 41.1 Å². The Labute approximate surface area is 115 Å². The summed E-state index contributed by atoms with van der Waals surface area (Å²) < 4.78 is 0. The van der Waals surface area contributed by atoms with Crippen LogP contribution in [0, 0.1) is 12.3 Å². The van der Waals surface area contributed by atoms with E-state index in [-0.39, 0.29) is 5.91 Å². The molecule has 1 aromatic carbocycles. The zero-order valence-electron chi connectivity index (χ0n) is 12.1. The molecule has 0 heterocycles. The SMILES string of the molecule is Cc1ccccc1NC(=O)CNC1CCCC1(C)C. The summed E-state index contributed by atoms with van der Waals surface area (Å²) in [5.41, 5.74) is 2.31. The first-order valence-electron chi connectivity index (χ1n) is 7.08. The fourth-order valence-corrected chi connectivity index (χ4v) is 2.83. The first-order chi connectivity index (χ1) is 8.99. The molecular weight excluding hydrogens is 236 g/mol. The minimum Gasteiger partial charge on any atom is -0.325 e. The second-order valence-corrected chi connectivity index (χ2v) is 6.18. The lowest BCUT2D eigenvalue weighted by Gasteiger charge is -2.27. The lowest BCUT2D eigenvalue weighted by atomic mass is 9.87. The number of para-hydroxylation sites is 1. The molecular formula is C16H24N2O. The van der Waals surface area contributed by atoms with E-state index in [1.165, 1.54) is 19.3 Å². The standard InChI is InChI=1S/C16H24N2O/c1-12-7-4-5-8-13(12)18-15(19)11-17-14-9-6-10-16(14,2)3/h4-5,7-8,14,17H,6,9-11H2,1-3H3,(H,18,19). The highest BCUT2D eigenvalue weighted by Gasteiger charge is 2.34. The molecule has 0 spiro atoms. The molecule has 1 aromatic rings. The number of nitrogens with one attached hydrogen (secondary N) is 2. The maximum atomic E-state index is 12.0. The van der Waals surface area contributed by atoms with Gasteiger partial charge in [0.15, 0.2) is 0 Å². The van der Waals surface area contributed by atoms with Gasteiger partial charge in [-0.1, -0.05) is 38.5 Å². The highest BCUT2D eigenvalue weighted by Crippen LogP contribution is 2.36. The van der Waals surface area contributed by atoms with Crippen LogP contribution in [-0.4, -0.2) is 18.5 Å². The molecule has 3 nitrogen and oxygen atoms in total. The van der Waals surface area contributed by atoms with E-state index in [2.05, 4.69) is 24.5 Å². The second-order valence-electron chi connectivity index (χ2n) is 6.18. The van der Waals surface area contributed by atoms with E-state index in [1.54, 1.807) is 0 Å². The first kappa shape index (κ1) is 14.1. The molecule has 1 fully saturated rings. The van der Waals surface area contributed by atoms with Gasteiger partial charge in [-0.15, -0.1) is 0 Å². The van der Waals surface area contributed by atoms with Crippen molar-refractivity contribution in [3.63, 3.8) is 0 Å². The molecule has 0 radical (unpaired) electrons. The van der Waals surface area contributed by atoms with Crippen molar-refractivity contribution in [1.29, 1.82) is 0 Å². The minimum absolute atomic E-state index is 0.0389. The molecule has 3 heteroatoms. The zero-order valence-corrected chi connectivity index (χ0v) is 12.1. The van der Waals surface area contributed by atoms with Gasteiger partial charge in [0.2, 0.25) is 5.91 Å². The molecule has 1 aliphatic rings.